The zero-order valence-corrected chi connectivity index (χ0v) is 10.1. The van der Waals surface area contributed by atoms with Gasteiger partial charge in [0.2, 0.25) is 5.91 Å². The van der Waals surface area contributed by atoms with E-state index in [0.29, 0.717) is 6.54 Å². The second-order valence-electron chi connectivity index (χ2n) is 4.49. The Morgan fingerprint density at radius 1 is 1.53 bits per heavy atom. The van der Waals surface area contributed by atoms with Crippen molar-refractivity contribution < 1.29 is 9.53 Å². The Bertz CT molecular complexity index is 418. The van der Waals surface area contributed by atoms with Gasteiger partial charge >= 0.3 is 0 Å². The van der Waals surface area contributed by atoms with Crippen LogP contribution in [0.4, 0.5) is 0 Å². The highest BCUT2D eigenvalue weighted by atomic mass is 16.5. The highest BCUT2D eigenvalue weighted by Gasteiger charge is 2.12. The predicted molar refractivity (Wildman–Crippen MR) is 66.0 cm³/mol. The van der Waals surface area contributed by atoms with E-state index in [1.807, 2.05) is 18.0 Å². The molecule has 0 spiro atoms. The fourth-order valence-electron chi connectivity index (χ4n) is 2.06. The number of hydrogen-bond acceptors (Lipinski definition) is 3. The molecular formula is C13H18N2O2. The van der Waals surface area contributed by atoms with Crippen LogP contribution in [0.2, 0.25) is 0 Å². The van der Waals surface area contributed by atoms with E-state index in [0.717, 1.165) is 31.7 Å². The Kier molecular flexibility index (Phi) is 3.64. The molecular weight excluding hydrogens is 216 g/mol. The molecule has 1 aromatic rings. The Morgan fingerprint density at radius 3 is 3.12 bits per heavy atom. The predicted octanol–water partition coefficient (Wildman–Crippen LogP) is 0.581. The van der Waals surface area contributed by atoms with E-state index in [4.69, 9.17) is 10.5 Å². The maximum absolute atomic E-state index is 10.7. The molecule has 4 nitrogen and oxygen atoms in total. The molecule has 0 unspecified atom stereocenters. The largest absolute Gasteiger partial charge is 0.493 e. The van der Waals surface area contributed by atoms with Crippen LogP contribution in [-0.2, 0) is 17.6 Å². The lowest BCUT2D eigenvalue weighted by Gasteiger charge is -2.14. The van der Waals surface area contributed by atoms with Gasteiger partial charge < -0.3 is 10.5 Å². The Hall–Kier alpha value is -1.55. The van der Waals surface area contributed by atoms with Gasteiger partial charge in [0.25, 0.3) is 0 Å². The molecule has 2 N–H and O–H groups in total. The van der Waals surface area contributed by atoms with Crippen LogP contribution in [-0.4, -0.2) is 37.6 Å². The molecule has 0 saturated carbocycles. The fourth-order valence-corrected chi connectivity index (χ4v) is 2.06. The third kappa shape index (κ3) is 3.20. The molecule has 4 heteroatoms. The Balaban J connectivity index is 1.89. The number of hydrogen-bond donors (Lipinski definition) is 1. The molecule has 0 fully saturated rings. The number of carbonyl (C=O) groups excluding carboxylic acids is 1. The average Bonchev–Trinajstić information content (AvgIpc) is 2.72. The summed E-state index contributed by atoms with van der Waals surface area (Å²) in [5.74, 6) is 0.731. The topological polar surface area (TPSA) is 55.6 Å². The van der Waals surface area contributed by atoms with Gasteiger partial charge in [-0.05, 0) is 30.7 Å². The van der Waals surface area contributed by atoms with Crippen LogP contribution in [0.15, 0.2) is 18.2 Å². The van der Waals surface area contributed by atoms with Crippen molar-refractivity contribution in [2.24, 2.45) is 5.73 Å². The molecule has 17 heavy (non-hydrogen) atoms. The monoisotopic (exact) mass is 234 g/mol. The van der Waals surface area contributed by atoms with E-state index in [1.165, 1.54) is 11.1 Å². The summed E-state index contributed by atoms with van der Waals surface area (Å²) in [7, 11) is 1.90. The number of carbonyl (C=O) groups is 1. The van der Waals surface area contributed by atoms with Gasteiger partial charge in [-0.1, -0.05) is 12.1 Å². The number of primary amides is 1. The van der Waals surface area contributed by atoms with Gasteiger partial charge in [0.1, 0.15) is 5.75 Å². The molecule has 0 bridgehead atoms. The highest BCUT2D eigenvalue weighted by Crippen LogP contribution is 2.25. The van der Waals surface area contributed by atoms with E-state index in [-0.39, 0.29) is 5.91 Å². The molecule has 0 radical (unpaired) electrons. The number of amides is 1. The molecule has 2 rings (SSSR count). The average molecular weight is 234 g/mol. The minimum absolute atomic E-state index is 0.283. The number of fused-ring (bicyclic) bond motifs is 1. The van der Waals surface area contributed by atoms with Crippen LogP contribution in [0.5, 0.6) is 5.75 Å². The summed E-state index contributed by atoms with van der Waals surface area (Å²) in [6.07, 6.45) is 1.93. The first-order chi connectivity index (χ1) is 8.15. The number of nitrogens with two attached hydrogens (primary N) is 1. The maximum atomic E-state index is 10.7. The highest BCUT2D eigenvalue weighted by molar-refractivity contribution is 5.75. The molecule has 92 valence electrons. The SMILES string of the molecule is CN(CCc1ccc2c(c1)CCO2)CC(N)=O. The van der Waals surface area contributed by atoms with E-state index in [2.05, 4.69) is 12.1 Å². The van der Waals surface area contributed by atoms with E-state index < -0.39 is 0 Å². The van der Waals surface area contributed by atoms with Crippen LogP contribution in [0.3, 0.4) is 0 Å². The van der Waals surface area contributed by atoms with Crippen LogP contribution in [0.25, 0.3) is 0 Å². The fraction of sp³-hybridized carbons (Fsp3) is 0.462. The van der Waals surface area contributed by atoms with E-state index in [9.17, 15) is 4.79 Å². The third-order valence-electron chi connectivity index (χ3n) is 2.96. The zero-order chi connectivity index (χ0) is 12.3. The quantitative estimate of drug-likeness (QED) is 0.811. The summed E-state index contributed by atoms with van der Waals surface area (Å²) in [6, 6.07) is 6.31. The second-order valence-corrected chi connectivity index (χ2v) is 4.49. The van der Waals surface area contributed by atoms with Crippen molar-refractivity contribution in [3.8, 4) is 5.75 Å². The number of nitrogens with zero attached hydrogens (tertiary/aromatic N) is 1. The van der Waals surface area contributed by atoms with Crippen molar-refractivity contribution >= 4 is 5.91 Å². The summed E-state index contributed by atoms with van der Waals surface area (Å²) in [4.78, 5) is 12.7. The smallest absolute Gasteiger partial charge is 0.231 e. The first-order valence-electron chi connectivity index (χ1n) is 5.86. The van der Waals surface area contributed by atoms with Crippen molar-refractivity contribution in [2.75, 3.05) is 26.7 Å². The van der Waals surface area contributed by atoms with Crippen molar-refractivity contribution in [1.82, 2.24) is 4.90 Å². The lowest BCUT2D eigenvalue weighted by atomic mass is 10.1. The standard InChI is InChI=1S/C13H18N2O2/c1-15(9-13(14)16)6-4-10-2-3-12-11(8-10)5-7-17-12/h2-3,8H,4-7,9H2,1H3,(H2,14,16). The Morgan fingerprint density at radius 2 is 2.35 bits per heavy atom. The molecule has 0 aromatic heterocycles. The maximum Gasteiger partial charge on any atom is 0.231 e. The molecule has 1 heterocycles. The molecule has 0 aliphatic carbocycles. The van der Waals surface area contributed by atoms with Crippen molar-refractivity contribution in [3.63, 3.8) is 0 Å². The van der Waals surface area contributed by atoms with Crippen LogP contribution in [0.1, 0.15) is 11.1 Å². The van der Waals surface area contributed by atoms with E-state index in [1.54, 1.807) is 0 Å². The summed E-state index contributed by atoms with van der Waals surface area (Å²) in [6.45, 7) is 1.94. The number of benzene rings is 1. The molecule has 1 aliphatic heterocycles. The minimum Gasteiger partial charge on any atom is -0.493 e. The van der Waals surface area contributed by atoms with Crippen LogP contribution in [0, 0.1) is 0 Å². The van der Waals surface area contributed by atoms with Gasteiger partial charge in [-0.3, -0.25) is 9.69 Å². The normalized spacial score (nSPS) is 13.5. The first-order valence-corrected chi connectivity index (χ1v) is 5.86. The lowest BCUT2D eigenvalue weighted by Crippen LogP contribution is -2.32. The molecule has 0 atom stereocenters. The van der Waals surface area contributed by atoms with Gasteiger partial charge in [-0.2, -0.15) is 0 Å². The van der Waals surface area contributed by atoms with Gasteiger partial charge in [0.15, 0.2) is 0 Å². The number of likely N-dealkylation sites (N-methyl/N-ethyl adjacent to an activating group) is 1. The molecule has 1 aliphatic rings. The van der Waals surface area contributed by atoms with Crippen LogP contribution < -0.4 is 10.5 Å². The summed E-state index contributed by atoms with van der Waals surface area (Å²) in [5.41, 5.74) is 7.71. The number of ether oxygens (including phenoxy) is 1. The van der Waals surface area contributed by atoms with Gasteiger partial charge in [-0.25, -0.2) is 0 Å². The third-order valence-corrected chi connectivity index (χ3v) is 2.96. The van der Waals surface area contributed by atoms with Crippen molar-refractivity contribution in [3.05, 3.63) is 29.3 Å². The first kappa shape index (κ1) is 11.9. The van der Waals surface area contributed by atoms with Crippen LogP contribution >= 0.6 is 0 Å². The van der Waals surface area contributed by atoms with Crippen molar-refractivity contribution in [1.29, 1.82) is 0 Å². The summed E-state index contributed by atoms with van der Waals surface area (Å²) < 4.78 is 5.46. The second kappa shape index (κ2) is 5.19. The molecule has 0 saturated heterocycles. The zero-order valence-electron chi connectivity index (χ0n) is 10.1. The Labute approximate surface area is 101 Å². The van der Waals surface area contributed by atoms with Gasteiger partial charge in [0.05, 0.1) is 13.2 Å². The summed E-state index contributed by atoms with van der Waals surface area (Å²) in [5, 5.41) is 0. The minimum atomic E-state index is -0.283. The molecule has 1 amide bonds. The van der Waals surface area contributed by atoms with Crippen molar-refractivity contribution in [2.45, 2.75) is 12.8 Å². The molecule has 1 aromatic carbocycles. The van der Waals surface area contributed by atoms with Gasteiger partial charge in [-0.15, -0.1) is 0 Å². The van der Waals surface area contributed by atoms with E-state index >= 15 is 0 Å². The van der Waals surface area contributed by atoms with Gasteiger partial charge in [0, 0.05) is 13.0 Å². The number of rotatable bonds is 5. The lowest BCUT2D eigenvalue weighted by molar-refractivity contribution is -0.118. The summed E-state index contributed by atoms with van der Waals surface area (Å²) >= 11 is 0.